The number of benzene rings is 1. The van der Waals surface area contributed by atoms with Crippen LogP contribution >= 0.6 is 11.6 Å². The molecule has 0 aliphatic heterocycles. The highest BCUT2D eigenvalue weighted by Crippen LogP contribution is 2.37. The molecule has 0 aliphatic carbocycles. The molecule has 0 N–H and O–H groups in total. The SMILES string of the molecule is COc1cc(-n2cnnn2)c(Cl)cc1-c1nc(C(F)(F)F)no1. The van der Waals surface area contributed by atoms with Crippen molar-refractivity contribution in [2.24, 2.45) is 0 Å². The Labute approximate surface area is 130 Å². The second kappa shape index (κ2) is 5.50. The van der Waals surface area contributed by atoms with E-state index in [1.807, 2.05) is 0 Å². The molecule has 12 heteroatoms. The van der Waals surface area contributed by atoms with Crippen LogP contribution in [-0.4, -0.2) is 37.5 Å². The standard InChI is InChI=1S/C11H6ClF3N6O2/c1-22-8-3-7(21-4-16-19-20-21)6(12)2-5(8)9-17-10(18-23-9)11(13,14)15/h2-4H,1H3. The van der Waals surface area contributed by atoms with E-state index in [-0.39, 0.29) is 22.2 Å². The molecule has 3 rings (SSSR count). The summed E-state index contributed by atoms with van der Waals surface area (Å²) in [4.78, 5) is 3.31. The van der Waals surface area contributed by atoms with Crippen LogP contribution < -0.4 is 4.74 Å². The lowest BCUT2D eigenvalue weighted by atomic mass is 10.1. The number of methoxy groups -OCH3 is 1. The molecule has 2 heterocycles. The minimum absolute atomic E-state index is 0.109. The molecule has 23 heavy (non-hydrogen) atoms. The van der Waals surface area contributed by atoms with Crippen LogP contribution in [0.1, 0.15) is 5.82 Å². The van der Waals surface area contributed by atoms with Crippen LogP contribution in [-0.2, 0) is 6.18 Å². The molecule has 0 radical (unpaired) electrons. The summed E-state index contributed by atoms with van der Waals surface area (Å²) in [5.41, 5.74) is 0.477. The summed E-state index contributed by atoms with van der Waals surface area (Å²) in [7, 11) is 1.33. The first-order valence-electron chi connectivity index (χ1n) is 5.92. The van der Waals surface area contributed by atoms with Crippen molar-refractivity contribution in [1.29, 1.82) is 0 Å². The van der Waals surface area contributed by atoms with E-state index >= 15 is 0 Å². The summed E-state index contributed by atoms with van der Waals surface area (Å²) in [6.07, 6.45) is -3.42. The zero-order valence-corrected chi connectivity index (χ0v) is 12.0. The number of tetrazole rings is 1. The van der Waals surface area contributed by atoms with Crippen LogP contribution in [0.2, 0.25) is 5.02 Å². The normalized spacial score (nSPS) is 11.7. The van der Waals surface area contributed by atoms with Crippen LogP contribution in [0.3, 0.4) is 0 Å². The van der Waals surface area contributed by atoms with E-state index in [9.17, 15) is 13.2 Å². The highest BCUT2D eigenvalue weighted by atomic mass is 35.5. The van der Waals surface area contributed by atoms with Crippen LogP contribution in [0.25, 0.3) is 17.1 Å². The number of alkyl halides is 3. The summed E-state index contributed by atoms with van der Waals surface area (Å²) in [5, 5.41) is 13.7. The topological polar surface area (TPSA) is 91.8 Å². The third-order valence-corrected chi connectivity index (χ3v) is 3.08. The number of hydrogen-bond donors (Lipinski definition) is 0. The maximum Gasteiger partial charge on any atom is 0.455 e. The van der Waals surface area contributed by atoms with Gasteiger partial charge in [-0.15, -0.1) is 5.10 Å². The van der Waals surface area contributed by atoms with Crippen molar-refractivity contribution in [1.82, 2.24) is 30.3 Å². The Hall–Kier alpha value is -2.69. The molecule has 0 amide bonds. The summed E-state index contributed by atoms with van der Waals surface area (Å²) < 4.78 is 48.7. The highest BCUT2D eigenvalue weighted by molar-refractivity contribution is 6.32. The first kappa shape index (κ1) is 15.2. The second-order valence-electron chi connectivity index (χ2n) is 4.18. The number of aromatic nitrogens is 6. The third-order valence-electron chi connectivity index (χ3n) is 2.77. The maximum absolute atomic E-state index is 12.6. The van der Waals surface area contributed by atoms with Gasteiger partial charge in [-0.3, -0.25) is 0 Å². The summed E-state index contributed by atoms with van der Waals surface area (Å²) in [6, 6.07) is 2.76. The molecule has 0 spiro atoms. The quantitative estimate of drug-likeness (QED) is 0.719. The fraction of sp³-hybridized carbons (Fsp3) is 0.182. The Kier molecular flexibility index (Phi) is 3.64. The minimum atomic E-state index is -4.72. The van der Waals surface area contributed by atoms with Gasteiger partial charge in [0.15, 0.2) is 0 Å². The third kappa shape index (κ3) is 2.82. The first-order chi connectivity index (χ1) is 10.9. The Morgan fingerprint density at radius 1 is 1.30 bits per heavy atom. The fourth-order valence-electron chi connectivity index (χ4n) is 1.77. The molecular formula is C11H6ClF3N6O2. The monoisotopic (exact) mass is 346 g/mol. The van der Waals surface area contributed by atoms with Crippen molar-refractivity contribution < 1.29 is 22.4 Å². The molecule has 2 aromatic heterocycles. The molecule has 0 bridgehead atoms. The van der Waals surface area contributed by atoms with Gasteiger partial charge in [0.1, 0.15) is 12.1 Å². The van der Waals surface area contributed by atoms with Gasteiger partial charge in [0.2, 0.25) is 0 Å². The molecule has 0 fully saturated rings. The van der Waals surface area contributed by atoms with Gasteiger partial charge >= 0.3 is 6.18 Å². The van der Waals surface area contributed by atoms with Gasteiger partial charge in [0, 0.05) is 6.07 Å². The summed E-state index contributed by atoms with van der Waals surface area (Å²) in [6.45, 7) is 0. The van der Waals surface area contributed by atoms with E-state index < -0.39 is 12.0 Å². The first-order valence-corrected chi connectivity index (χ1v) is 6.30. The smallest absolute Gasteiger partial charge is 0.455 e. The summed E-state index contributed by atoms with van der Waals surface area (Å²) >= 11 is 6.11. The number of nitrogens with zero attached hydrogens (tertiary/aromatic N) is 6. The van der Waals surface area contributed by atoms with Gasteiger partial charge in [-0.1, -0.05) is 16.8 Å². The molecule has 0 saturated carbocycles. The van der Waals surface area contributed by atoms with Gasteiger partial charge in [-0.25, -0.2) is 0 Å². The average Bonchev–Trinajstić information content (AvgIpc) is 3.18. The average molecular weight is 347 g/mol. The number of hydrogen-bond acceptors (Lipinski definition) is 7. The van der Waals surface area contributed by atoms with Gasteiger partial charge in [0.05, 0.1) is 23.4 Å². The van der Waals surface area contributed by atoms with E-state index in [0.717, 1.165) is 0 Å². The van der Waals surface area contributed by atoms with Crippen LogP contribution in [0.15, 0.2) is 23.0 Å². The predicted octanol–water partition coefficient (Wildman–Crippen LogP) is 2.39. The summed E-state index contributed by atoms with van der Waals surface area (Å²) in [5.74, 6) is -1.60. The Balaban J connectivity index is 2.10. The molecule has 8 nitrogen and oxygen atoms in total. The molecular weight excluding hydrogens is 341 g/mol. The maximum atomic E-state index is 12.6. The van der Waals surface area contributed by atoms with Crippen LogP contribution in [0.5, 0.6) is 5.75 Å². The Morgan fingerprint density at radius 3 is 2.65 bits per heavy atom. The Bertz CT molecular complexity index is 833. The van der Waals surface area contributed by atoms with E-state index in [1.165, 1.54) is 30.3 Å². The highest BCUT2D eigenvalue weighted by Gasteiger charge is 2.37. The second-order valence-corrected chi connectivity index (χ2v) is 4.59. The molecule has 0 aliphatic rings. The number of rotatable bonds is 3. The lowest BCUT2D eigenvalue weighted by Gasteiger charge is -2.09. The van der Waals surface area contributed by atoms with Gasteiger partial charge in [-0.2, -0.15) is 22.8 Å². The van der Waals surface area contributed by atoms with Crippen molar-refractivity contribution in [3.05, 3.63) is 29.3 Å². The van der Waals surface area contributed by atoms with Crippen molar-refractivity contribution in [2.45, 2.75) is 6.18 Å². The van der Waals surface area contributed by atoms with Gasteiger partial charge < -0.3 is 9.26 Å². The molecule has 1 aromatic carbocycles. The predicted molar refractivity (Wildman–Crippen MR) is 69.0 cm³/mol. The molecule has 120 valence electrons. The Morgan fingerprint density at radius 2 is 2.09 bits per heavy atom. The van der Waals surface area contributed by atoms with Gasteiger partial charge in [0.25, 0.3) is 11.7 Å². The van der Waals surface area contributed by atoms with Gasteiger partial charge in [-0.05, 0) is 16.5 Å². The minimum Gasteiger partial charge on any atom is -0.496 e. The van der Waals surface area contributed by atoms with E-state index in [1.54, 1.807) is 0 Å². The largest absolute Gasteiger partial charge is 0.496 e. The number of ether oxygens (including phenoxy) is 1. The van der Waals surface area contributed by atoms with Crippen molar-refractivity contribution >= 4 is 11.6 Å². The van der Waals surface area contributed by atoms with Crippen LogP contribution in [0.4, 0.5) is 13.2 Å². The molecule has 0 unspecified atom stereocenters. The van der Waals surface area contributed by atoms with E-state index in [2.05, 4.69) is 30.2 Å². The number of halogens is 4. The molecule has 0 saturated heterocycles. The van der Waals surface area contributed by atoms with Crippen molar-refractivity contribution in [3.63, 3.8) is 0 Å². The van der Waals surface area contributed by atoms with Crippen molar-refractivity contribution in [3.8, 4) is 22.9 Å². The zero-order valence-electron chi connectivity index (χ0n) is 11.2. The van der Waals surface area contributed by atoms with E-state index in [4.69, 9.17) is 16.3 Å². The lowest BCUT2D eigenvalue weighted by Crippen LogP contribution is -2.07. The molecule has 0 atom stereocenters. The lowest BCUT2D eigenvalue weighted by molar-refractivity contribution is -0.146. The van der Waals surface area contributed by atoms with E-state index in [0.29, 0.717) is 5.69 Å². The van der Waals surface area contributed by atoms with Crippen LogP contribution in [0, 0.1) is 0 Å². The molecule has 3 aromatic rings. The fourth-order valence-corrected chi connectivity index (χ4v) is 2.02. The zero-order chi connectivity index (χ0) is 16.6. The van der Waals surface area contributed by atoms with Crippen molar-refractivity contribution in [2.75, 3.05) is 7.11 Å².